The monoisotopic (exact) mass is 464 g/mol. The highest BCUT2D eigenvalue weighted by Gasteiger charge is 2.35. The molecule has 1 saturated carbocycles. The summed E-state index contributed by atoms with van der Waals surface area (Å²) in [5.74, 6) is 0.349. The molecule has 1 saturated heterocycles. The predicted molar refractivity (Wildman–Crippen MR) is 120 cm³/mol. The van der Waals surface area contributed by atoms with Crippen molar-refractivity contribution in [2.75, 3.05) is 13.1 Å². The molecule has 0 aromatic heterocycles. The first-order valence-electron chi connectivity index (χ1n) is 11.3. The van der Waals surface area contributed by atoms with E-state index in [4.69, 9.17) is 11.6 Å². The first-order chi connectivity index (χ1) is 15.3. The average molecular weight is 465 g/mol. The summed E-state index contributed by atoms with van der Waals surface area (Å²) in [6.45, 7) is 2.02. The number of nitrogens with one attached hydrogen (secondary N) is 1. The third-order valence-electron chi connectivity index (χ3n) is 6.83. The van der Waals surface area contributed by atoms with Crippen molar-refractivity contribution in [1.82, 2.24) is 10.2 Å². The van der Waals surface area contributed by atoms with Crippen molar-refractivity contribution in [3.8, 4) is 0 Å². The van der Waals surface area contributed by atoms with Crippen molar-refractivity contribution in [2.45, 2.75) is 56.8 Å². The minimum atomic E-state index is -4.40. The summed E-state index contributed by atoms with van der Waals surface area (Å²) in [5.41, 5.74) is 0.843. The van der Waals surface area contributed by atoms with Crippen molar-refractivity contribution in [2.24, 2.45) is 5.92 Å². The zero-order valence-corrected chi connectivity index (χ0v) is 18.6. The molecule has 1 amide bonds. The first kappa shape index (κ1) is 23.1. The predicted octanol–water partition coefficient (Wildman–Crippen LogP) is 5.96. The van der Waals surface area contributed by atoms with Crippen LogP contribution in [0.5, 0.6) is 0 Å². The summed E-state index contributed by atoms with van der Waals surface area (Å²) >= 11 is 5.98. The van der Waals surface area contributed by atoms with E-state index in [1.54, 1.807) is 0 Å². The Kier molecular flexibility index (Phi) is 7.11. The second-order valence-electron chi connectivity index (χ2n) is 8.96. The average Bonchev–Trinajstić information content (AvgIpc) is 3.23. The van der Waals surface area contributed by atoms with Crippen molar-refractivity contribution in [1.29, 1.82) is 0 Å². The number of carbonyl (C=O) groups excluding carboxylic acids is 1. The van der Waals surface area contributed by atoms with E-state index in [1.807, 2.05) is 12.1 Å². The molecule has 2 unspecified atom stereocenters. The molecule has 0 spiro atoms. The number of likely N-dealkylation sites (tertiary alicyclic amines) is 1. The summed E-state index contributed by atoms with van der Waals surface area (Å²) in [6, 6.07) is 12.8. The lowest BCUT2D eigenvalue weighted by atomic mass is 9.89. The number of rotatable bonds is 5. The molecule has 3 nitrogen and oxygen atoms in total. The van der Waals surface area contributed by atoms with Crippen LogP contribution in [0, 0.1) is 5.92 Å². The van der Waals surface area contributed by atoms with Crippen LogP contribution < -0.4 is 5.32 Å². The molecule has 1 heterocycles. The van der Waals surface area contributed by atoms with Gasteiger partial charge in [-0.2, -0.15) is 13.2 Å². The van der Waals surface area contributed by atoms with E-state index in [9.17, 15) is 18.0 Å². The van der Waals surface area contributed by atoms with E-state index >= 15 is 0 Å². The van der Waals surface area contributed by atoms with Crippen molar-refractivity contribution in [3.63, 3.8) is 0 Å². The third-order valence-corrected chi connectivity index (χ3v) is 7.08. The van der Waals surface area contributed by atoms with Gasteiger partial charge in [-0.3, -0.25) is 9.69 Å². The number of amides is 1. The van der Waals surface area contributed by atoms with E-state index in [1.165, 1.54) is 17.7 Å². The highest BCUT2D eigenvalue weighted by Crippen LogP contribution is 2.31. The second-order valence-corrected chi connectivity index (χ2v) is 9.40. The Labute approximate surface area is 191 Å². The van der Waals surface area contributed by atoms with Crippen LogP contribution in [-0.2, 0) is 12.6 Å². The van der Waals surface area contributed by atoms with Crippen LogP contribution in [0.1, 0.15) is 53.6 Å². The molecule has 1 aliphatic heterocycles. The van der Waals surface area contributed by atoms with E-state index < -0.39 is 11.7 Å². The van der Waals surface area contributed by atoms with Gasteiger partial charge < -0.3 is 5.32 Å². The molecule has 32 heavy (non-hydrogen) atoms. The van der Waals surface area contributed by atoms with E-state index in [-0.39, 0.29) is 17.5 Å². The van der Waals surface area contributed by atoms with E-state index in [2.05, 4.69) is 22.3 Å². The van der Waals surface area contributed by atoms with Crippen LogP contribution in [0.4, 0.5) is 13.2 Å². The molecule has 2 fully saturated rings. The van der Waals surface area contributed by atoms with Gasteiger partial charge in [0.1, 0.15) is 0 Å². The van der Waals surface area contributed by atoms with Gasteiger partial charge in [0.05, 0.1) is 5.56 Å². The molecule has 0 radical (unpaired) electrons. The number of carbonyl (C=O) groups is 1. The first-order valence-corrected chi connectivity index (χ1v) is 11.6. The zero-order chi connectivity index (χ0) is 22.7. The van der Waals surface area contributed by atoms with Gasteiger partial charge in [-0.05, 0) is 99.5 Å². The molecule has 2 aliphatic rings. The van der Waals surface area contributed by atoms with Gasteiger partial charge in [-0.25, -0.2) is 0 Å². The molecule has 1 aliphatic carbocycles. The highest BCUT2D eigenvalue weighted by atomic mass is 35.5. The molecular formula is C25H28ClF3N2O. The maximum Gasteiger partial charge on any atom is 0.416 e. The van der Waals surface area contributed by atoms with Crippen LogP contribution in [0.2, 0.25) is 5.02 Å². The van der Waals surface area contributed by atoms with Crippen LogP contribution in [0.3, 0.4) is 0 Å². The van der Waals surface area contributed by atoms with Crippen LogP contribution >= 0.6 is 11.6 Å². The number of benzene rings is 2. The molecule has 2 aromatic carbocycles. The fourth-order valence-electron chi connectivity index (χ4n) is 5.05. The fourth-order valence-corrected chi connectivity index (χ4v) is 5.18. The number of nitrogens with zero attached hydrogens (tertiary/aromatic N) is 1. The van der Waals surface area contributed by atoms with Gasteiger partial charge in [0.2, 0.25) is 0 Å². The lowest BCUT2D eigenvalue weighted by molar-refractivity contribution is -0.137. The number of alkyl halides is 3. The number of hydrogen-bond donors (Lipinski definition) is 1. The standard InChI is InChI=1S/C25H28ClF3N2O/c26-21-10-4-17(5-11-21)16-18-12-14-31(15-13-18)23-3-1-2-22(23)30-24(32)19-6-8-20(9-7-19)25(27,28)29/h4-11,18,22-23H,1-3,12-16H2,(H,30,32). The Morgan fingerprint density at radius 1 is 0.969 bits per heavy atom. The Morgan fingerprint density at radius 2 is 1.62 bits per heavy atom. The Hall–Kier alpha value is -2.05. The summed E-state index contributed by atoms with van der Waals surface area (Å²) < 4.78 is 38.3. The number of hydrogen-bond acceptors (Lipinski definition) is 2. The maximum absolute atomic E-state index is 12.8. The minimum absolute atomic E-state index is 0.0395. The zero-order valence-electron chi connectivity index (χ0n) is 17.9. The molecule has 1 N–H and O–H groups in total. The number of halogens is 4. The Morgan fingerprint density at radius 3 is 2.25 bits per heavy atom. The van der Waals surface area contributed by atoms with Gasteiger partial charge in [0, 0.05) is 22.7 Å². The Balaban J connectivity index is 1.30. The van der Waals surface area contributed by atoms with Crippen molar-refractivity contribution >= 4 is 17.5 Å². The lowest BCUT2D eigenvalue weighted by Gasteiger charge is -2.38. The van der Waals surface area contributed by atoms with E-state index in [0.717, 1.165) is 68.8 Å². The lowest BCUT2D eigenvalue weighted by Crippen LogP contribution is -2.51. The van der Waals surface area contributed by atoms with Crippen molar-refractivity contribution in [3.05, 3.63) is 70.2 Å². The summed E-state index contributed by atoms with van der Waals surface area (Å²) in [6.07, 6.45) is 1.90. The van der Waals surface area contributed by atoms with Gasteiger partial charge in [-0.1, -0.05) is 23.7 Å². The minimum Gasteiger partial charge on any atom is -0.348 e. The Bertz CT molecular complexity index is 906. The summed E-state index contributed by atoms with van der Waals surface area (Å²) in [5, 5.41) is 3.84. The number of piperidine rings is 1. The van der Waals surface area contributed by atoms with Gasteiger partial charge >= 0.3 is 6.18 Å². The van der Waals surface area contributed by atoms with Crippen LogP contribution in [-0.4, -0.2) is 36.0 Å². The SMILES string of the molecule is O=C(NC1CCCC1N1CCC(Cc2ccc(Cl)cc2)CC1)c1ccc(C(F)(F)F)cc1. The van der Waals surface area contributed by atoms with E-state index in [0.29, 0.717) is 12.0 Å². The molecule has 172 valence electrons. The van der Waals surface area contributed by atoms with Crippen molar-refractivity contribution < 1.29 is 18.0 Å². The van der Waals surface area contributed by atoms with Crippen LogP contribution in [0.15, 0.2) is 48.5 Å². The fraction of sp³-hybridized carbons (Fsp3) is 0.480. The molecule has 0 bridgehead atoms. The molecule has 2 aromatic rings. The highest BCUT2D eigenvalue weighted by molar-refractivity contribution is 6.30. The summed E-state index contributed by atoms with van der Waals surface area (Å²) in [7, 11) is 0. The molecule has 2 atom stereocenters. The smallest absolute Gasteiger partial charge is 0.348 e. The molecular weight excluding hydrogens is 437 g/mol. The van der Waals surface area contributed by atoms with Gasteiger partial charge in [0.25, 0.3) is 5.91 Å². The van der Waals surface area contributed by atoms with Crippen LogP contribution in [0.25, 0.3) is 0 Å². The maximum atomic E-state index is 12.8. The third kappa shape index (κ3) is 5.65. The molecule has 7 heteroatoms. The largest absolute Gasteiger partial charge is 0.416 e. The molecule has 4 rings (SSSR count). The van der Waals surface area contributed by atoms with Gasteiger partial charge in [-0.15, -0.1) is 0 Å². The quantitative estimate of drug-likeness (QED) is 0.591. The van der Waals surface area contributed by atoms with Gasteiger partial charge in [0.15, 0.2) is 0 Å². The normalized spacial score (nSPS) is 22.8. The summed E-state index contributed by atoms with van der Waals surface area (Å²) in [4.78, 5) is 15.1. The topological polar surface area (TPSA) is 32.3 Å². The second kappa shape index (κ2) is 9.84.